The van der Waals surface area contributed by atoms with E-state index in [2.05, 4.69) is 25.7 Å². The summed E-state index contributed by atoms with van der Waals surface area (Å²) in [5.41, 5.74) is 2.80. The summed E-state index contributed by atoms with van der Waals surface area (Å²) in [5, 5.41) is 20.1. The van der Waals surface area contributed by atoms with Crippen LogP contribution in [-0.2, 0) is 6.42 Å². The maximum atomic E-state index is 13.6. The molecule has 12 heteroatoms. The fourth-order valence-corrected chi connectivity index (χ4v) is 4.52. The Labute approximate surface area is 230 Å². The highest BCUT2D eigenvalue weighted by Crippen LogP contribution is 2.30. The Morgan fingerprint density at radius 3 is 2.33 bits per heavy atom. The van der Waals surface area contributed by atoms with Crippen molar-refractivity contribution in [1.29, 1.82) is 0 Å². The summed E-state index contributed by atoms with van der Waals surface area (Å²) in [6.07, 6.45) is 3.33. The lowest BCUT2D eigenvalue weighted by Crippen LogP contribution is -2.26. The van der Waals surface area contributed by atoms with E-state index in [-0.39, 0.29) is 29.6 Å². The first-order valence-corrected chi connectivity index (χ1v) is 12.4. The van der Waals surface area contributed by atoms with E-state index >= 15 is 0 Å². The van der Waals surface area contributed by atoms with Gasteiger partial charge in [0.2, 0.25) is 11.8 Å². The molecule has 0 bridgehead atoms. The Morgan fingerprint density at radius 1 is 0.875 bits per heavy atom. The normalized spacial score (nSPS) is 12.0. The molecular weight excluding hydrogens is 540 g/mol. The molecule has 0 aliphatic heterocycles. The van der Waals surface area contributed by atoms with Crippen LogP contribution in [0.3, 0.4) is 0 Å². The van der Waals surface area contributed by atoms with Gasteiger partial charge in [-0.2, -0.15) is 4.68 Å². The minimum absolute atomic E-state index is 0.163. The molecule has 0 amide bonds. The molecule has 0 N–H and O–H groups in total. The van der Waals surface area contributed by atoms with Crippen LogP contribution in [0, 0.1) is 11.6 Å². The molecule has 3 aromatic carbocycles. The lowest BCUT2D eigenvalue weighted by molar-refractivity contribution is 0.410. The van der Waals surface area contributed by atoms with Gasteiger partial charge in [-0.1, -0.05) is 23.7 Å². The molecule has 3 aromatic heterocycles. The monoisotopic (exact) mass is 557 g/mol. The van der Waals surface area contributed by atoms with Gasteiger partial charge in [0.05, 0.1) is 5.69 Å². The standard InChI is InChI=1S/C28H18ClF2N7O2/c29-20-5-10-24(38-16-32-35-36-38)23(15-20)19-11-12-37(26(39)14-19)25(13-17-1-6-21(30)7-2-17)28-34-33-27(40-28)18-3-8-22(31)9-4-18/h1-12,14-16,25H,13H2/t25-/m1/s1. The summed E-state index contributed by atoms with van der Waals surface area (Å²) in [4.78, 5) is 13.6. The van der Waals surface area contributed by atoms with E-state index < -0.39 is 11.9 Å². The lowest BCUT2D eigenvalue weighted by Gasteiger charge is -2.18. The summed E-state index contributed by atoms with van der Waals surface area (Å²) in [7, 11) is 0. The highest BCUT2D eigenvalue weighted by molar-refractivity contribution is 6.31. The van der Waals surface area contributed by atoms with Crippen molar-refractivity contribution in [3.63, 3.8) is 0 Å². The number of tetrazole rings is 1. The maximum absolute atomic E-state index is 13.6. The van der Waals surface area contributed by atoms with Crippen LogP contribution in [0.4, 0.5) is 8.78 Å². The largest absolute Gasteiger partial charge is 0.418 e. The third-order valence-electron chi connectivity index (χ3n) is 6.31. The highest BCUT2D eigenvalue weighted by atomic mass is 35.5. The Hall–Kier alpha value is -5.03. The molecule has 0 radical (unpaired) electrons. The molecule has 3 heterocycles. The zero-order valence-electron chi connectivity index (χ0n) is 20.5. The van der Waals surface area contributed by atoms with Gasteiger partial charge in [-0.3, -0.25) is 4.79 Å². The molecule has 0 saturated heterocycles. The Morgan fingerprint density at radius 2 is 1.62 bits per heavy atom. The van der Waals surface area contributed by atoms with Crippen LogP contribution in [0.5, 0.6) is 0 Å². The molecule has 1 atom stereocenters. The molecule has 0 aliphatic carbocycles. The van der Waals surface area contributed by atoms with Gasteiger partial charge in [-0.15, -0.1) is 15.3 Å². The quantitative estimate of drug-likeness (QED) is 0.262. The smallest absolute Gasteiger partial charge is 0.251 e. The first kappa shape index (κ1) is 25.3. The molecule has 9 nitrogen and oxygen atoms in total. The van der Waals surface area contributed by atoms with Crippen molar-refractivity contribution in [1.82, 2.24) is 35.0 Å². The average molecular weight is 558 g/mol. The topological polar surface area (TPSA) is 105 Å². The summed E-state index contributed by atoms with van der Waals surface area (Å²) < 4.78 is 35.9. The predicted molar refractivity (Wildman–Crippen MR) is 142 cm³/mol. The first-order chi connectivity index (χ1) is 19.4. The third kappa shape index (κ3) is 5.14. The predicted octanol–water partition coefficient (Wildman–Crippen LogP) is 5.30. The van der Waals surface area contributed by atoms with Gasteiger partial charge in [0.1, 0.15) is 24.0 Å². The van der Waals surface area contributed by atoms with Crippen LogP contribution < -0.4 is 5.56 Å². The molecule has 0 aliphatic rings. The minimum atomic E-state index is -0.716. The molecule has 40 heavy (non-hydrogen) atoms. The average Bonchev–Trinajstić information content (AvgIpc) is 3.67. The van der Waals surface area contributed by atoms with E-state index in [4.69, 9.17) is 16.0 Å². The van der Waals surface area contributed by atoms with Crippen molar-refractivity contribution < 1.29 is 13.2 Å². The third-order valence-corrected chi connectivity index (χ3v) is 6.54. The van der Waals surface area contributed by atoms with Gasteiger partial charge in [0.25, 0.3) is 5.56 Å². The number of aromatic nitrogens is 7. The number of nitrogens with zero attached hydrogens (tertiary/aromatic N) is 7. The fraction of sp³-hybridized carbons (Fsp3) is 0.0714. The van der Waals surface area contributed by atoms with Gasteiger partial charge in [-0.25, -0.2) is 8.78 Å². The zero-order valence-corrected chi connectivity index (χ0v) is 21.3. The summed E-state index contributed by atoms with van der Waals surface area (Å²) in [5.74, 6) is -0.435. The van der Waals surface area contributed by atoms with E-state index in [0.717, 1.165) is 5.56 Å². The van der Waals surface area contributed by atoms with Crippen molar-refractivity contribution in [2.24, 2.45) is 0 Å². The zero-order chi connectivity index (χ0) is 27.6. The molecule has 0 saturated carbocycles. The Bertz CT molecular complexity index is 1840. The van der Waals surface area contributed by atoms with Crippen molar-refractivity contribution >= 4 is 11.6 Å². The van der Waals surface area contributed by atoms with E-state index in [1.54, 1.807) is 42.6 Å². The fourth-order valence-electron chi connectivity index (χ4n) is 4.35. The summed E-state index contributed by atoms with van der Waals surface area (Å²) in [6.45, 7) is 0. The van der Waals surface area contributed by atoms with Crippen molar-refractivity contribution in [2.75, 3.05) is 0 Å². The molecule has 0 spiro atoms. The van der Waals surface area contributed by atoms with Gasteiger partial charge >= 0.3 is 0 Å². The van der Waals surface area contributed by atoms with Crippen molar-refractivity contribution in [3.8, 4) is 28.3 Å². The molecule has 198 valence electrons. The van der Waals surface area contributed by atoms with Crippen LogP contribution in [0.2, 0.25) is 5.02 Å². The molecular formula is C28H18ClF2N7O2. The Balaban J connectivity index is 1.41. The van der Waals surface area contributed by atoms with Crippen molar-refractivity contribution in [3.05, 3.63) is 130 Å². The van der Waals surface area contributed by atoms with E-state index in [1.807, 2.05) is 0 Å². The number of hydrogen-bond donors (Lipinski definition) is 0. The molecule has 6 aromatic rings. The van der Waals surface area contributed by atoms with E-state index in [0.29, 0.717) is 27.4 Å². The van der Waals surface area contributed by atoms with Crippen LogP contribution in [0.15, 0.2) is 101 Å². The minimum Gasteiger partial charge on any atom is -0.418 e. The van der Waals surface area contributed by atoms with Crippen LogP contribution in [0.25, 0.3) is 28.3 Å². The van der Waals surface area contributed by atoms with Crippen LogP contribution in [-0.4, -0.2) is 35.0 Å². The second-order valence-corrected chi connectivity index (χ2v) is 9.31. The second-order valence-electron chi connectivity index (χ2n) is 8.88. The first-order valence-electron chi connectivity index (χ1n) is 12.0. The lowest BCUT2D eigenvalue weighted by atomic mass is 10.0. The van der Waals surface area contributed by atoms with Crippen molar-refractivity contribution in [2.45, 2.75) is 12.5 Å². The van der Waals surface area contributed by atoms with Gasteiger partial charge in [-0.05, 0) is 82.2 Å². The summed E-state index contributed by atoms with van der Waals surface area (Å²) >= 11 is 6.27. The van der Waals surface area contributed by atoms with Gasteiger partial charge in [0.15, 0.2) is 0 Å². The van der Waals surface area contributed by atoms with Gasteiger partial charge < -0.3 is 8.98 Å². The number of pyridine rings is 1. The molecule has 0 unspecified atom stereocenters. The number of hydrogen-bond acceptors (Lipinski definition) is 7. The Kier molecular flexibility index (Phi) is 6.71. The maximum Gasteiger partial charge on any atom is 0.251 e. The van der Waals surface area contributed by atoms with E-state index in [1.165, 1.54) is 58.0 Å². The SMILES string of the molecule is O=c1cc(-c2cc(Cl)ccc2-n2cnnn2)ccn1[C@H](Cc1ccc(F)cc1)c1nnc(-c2ccc(F)cc2)o1. The summed E-state index contributed by atoms with van der Waals surface area (Å²) in [6, 6.07) is 19.3. The molecule has 6 rings (SSSR count). The number of halogens is 3. The van der Waals surface area contributed by atoms with Gasteiger partial charge in [0, 0.05) is 34.8 Å². The highest BCUT2D eigenvalue weighted by Gasteiger charge is 2.24. The second kappa shape index (κ2) is 10.6. The van der Waals surface area contributed by atoms with Crippen LogP contribution >= 0.6 is 11.6 Å². The number of rotatable bonds is 7. The number of benzene rings is 3. The van der Waals surface area contributed by atoms with Crippen LogP contribution in [0.1, 0.15) is 17.5 Å². The molecule has 0 fully saturated rings. The van der Waals surface area contributed by atoms with E-state index in [9.17, 15) is 13.6 Å².